The second-order valence-electron chi connectivity index (χ2n) is 3.83. The zero-order chi connectivity index (χ0) is 11.3. The van der Waals surface area contributed by atoms with Crippen LogP contribution in [0.2, 0.25) is 0 Å². The molecular formula is C13H18N2. The number of rotatable bonds is 2. The first-order valence-electron chi connectivity index (χ1n) is 5.18. The summed E-state index contributed by atoms with van der Waals surface area (Å²) in [5, 5.41) is 2.98. The standard InChI is InChI=1S/C13H18N2/c1-10(2)11-6-7-13(14)12(9-11)5-4-8-15-3/h6-7,9-10,15H,8,14H2,1-3H3. The number of nitrogens with one attached hydrogen (secondary N) is 1. The van der Waals surface area contributed by atoms with Crippen LogP contribution in [-0.4, -0.2) is 13.6 Å². The highest BCUT2D eigenvalue weighted by atomic mass is 14.8. The number of hydrogen-bond donors (Lipinski definition) is 2. The molecule has 1 aromatic carbocycles. The quantitative estimate of drug-likeness (QED) is 0.568. The van der Waals surface area contributed by atoms with E-state index in [1.807, 2.05) is 13.1 Å². The molecule has 0 fully saturated rings. The summed E-state index contributed by atoms with van der Waals surface area (Å²) < 4.78 is 0. The second-order valence-corrected chi connectivity index (χ2v) is 3.83. The van der Waals surface area contributed by atoms with Crippen LogP contribution in [0.25, 0.3) is 0 Å². The number of hydrogen-bond acceptors (Lipinski definition) is 2. The molecule has 0 spiro atoms. The van der Waals surface area contributed by atoms with Crippen LogP contribution in [0.5, 0.6) is 0 Å². The molecule has 0 bridgehead atoms. The Hall–Kier alpha value is -1.46. The van der Waals surface area contributed by atoms with Crippen LogP contribution in [0, 0.1) is 11.8 Å². The Labute approximate surface area is 91.9 Å². The predicted molar refractivity (Wildman–Crippen MR) is 65.7 cm³/mol. The third kappa shape index (κ3) is 3.30. The molecule has 80 valence electrons. The molecule has 0 heterocycles. The monoisotopic (exact) mass is 202 g/mol. The van der Waals surface area contributed by atoms with Crippen LogP contribution in [-0.2, 0) is 0 Å². The minimum Gasteiger partial charge on any atom is -0.398 e. The van der Waals surface area contributed by atoms with Crippen LogP contribution >= 0.6 is 0 Å². The van der Waals surface area contributed by atoms with Crippen LogP contribution < -0.4 is 11.1 Å². The average Bonchev–Trinajstić information content (AvgIpc) is 2.20. The van der Waals surface area contributed by atoms with Crippen molar-refractivity contribution in [1.82, 2.24) is 5.32 Å². The average molecular weight is 202 g/mol. The van der Waals surface area contributed by atoms with E-state index in [4.69, 9.17) is 5.73 Å². The van der Waals surface area contributed by atoms with Gasteiger partial charge in [-0.2, -0.15) is 0 Å². The summed E-state index contributed by atoms with van der Waals surface area (Å²) in [6.45, 7) is 5.01. The van der Waals surface area contributed by atoms with E-state index < -0.39 is 0 Å². The molecule has 0 amide bonds. The van der Waals surface area contributed by atoms with Crippen LogP contribution in [0.15, 0.2) is 18.2 Å². The Morgan fingerprint density at radius 1 is 1.40 bits per heavy atom. The fraction of sp³-hybridized carbons (Fsp3) is 0.385. The minimum atomic E-state index is 0.510. The van der Waals surface area contributed by atoms with Crippen LogP contribution in [0.1, 0.15) is 30.9 Å². The zero-order valence-electron chi connectivity index (χ0n) is 9.59. The van der Waals surface area contributed by atoms with Crippen molar-refractivity contribution in [2.45, 2.75) is 19.8 Å². The first-order valence-corrected chi connectivity index (χ1v) is 5.18. The summed E-state index contributed by atoms with van der Waals surface area (Å²) >= 11 is 0. The Morgan fingerprint density at radius 2 is 2.13 bits per heavy atom. The molecule has 0 saturated carbocycles. The summed E-state index contributed by atoms with van der Waals surface area (Å²) in [4.78, 5) is 0. The summed E-state index contributed by atoms with van der Waals surface area (Å²) in [6.07, 6.45) is 0. The third-order valence-corrected chi connectivity index (χ3v) is 2.23. The molecule has 3 N–H and O–H groups in total. The highest BCUT2D eigenvalue weighted by Crippen LogP contribution is 2.19. The van der Waals surface area contributed by atoms with E-state index in [9.17, 15) is 0 Å². The van der Waals surface area contributed by atoms with Crippen molar-refractivity contribution in [3.63, 3.8) is 0 Å². The first kappa shape index (κ1) is 11.6. The summed E-state index contributed by atoms with van der Waals surface area (Å²) in [7, 11) is 1.88. The molecule has 0 atom stereocenters. The molecule has 0 radical (unpaired) electrons. The maximum absolute atomic E-state index is 5.85. The van der Waals surface area contributed by atoms with E-state index in [0.717, 1.165) is 11.3 Å². The van der Waals surface area contributed by atoms with E-state index in [1.165, 1.54) is 5.56 Å². The highest BCUT2D eigenvalue weighted by molar-refractivity contribution is 5.57. The van der Waals surface area contributed by atoms with Gasteiger partial charge in [-0.15, -0.1) is 0 Å². The summed E-state index contributed by atoms with van der Waals surface area (Å²) in [6, 6.07) is 6.06. The van der Waals surface area contributed by atoms with E-state index in [2.05, 4.69) is 43.1 Å². The van der Waals surface area contributed by atoms with Gasteiger partial charge >= 0.3 is 0 Å². The van der Waals surface area contributed by atoms with Gasteiger partial charge in [0.05, 0.1) is 6.54 Å². The Balaban J connectivity index is 2.97. The smallest absolute Gasteiger partial charge is 0.0577 e. The molecule has 1 aromatic rings. The molecule has 0 aliphatic carbocycles. The lowest BCUT2D eigenvalue weighted by atomic mass is 10.00. The highest BCUT2D eigenvalue weighted by Gasteiger charge is 2.01. The molecule has 0 aromatic heterocycles. The lowest BCUT2D eigenvalue weighted by Gasteiger charge is -2.07. The Bertz CT molecular complexity index is 383. The largest absolute Gasteiger partial charge is 0.398 e. The van der Waals surface area contributed by atoms with E-state index in [1.54, 1.807) is 0 Å². The van der Waals surface area contributed by atoms with Gasteiger partial charge in [-0.3, -0.25) is 0 Å². The summed E-state index contributed by atoms with van der Waals surface area (Å²) in [5.74, 6) is 6.60. The van der Waals surface area contributed by atoms with E-state index in [-0.39, 0.29) is 0 Å². The molecule has 0 aliphatic rings. The number of nitrogens with two attached hydrogens (primary N) is 1. The predicted octanol–water partition coefficient (Wildman–Crippen LogP) is 1.96. The van der Waals surface area contributed by atoms with Gasteiger partial charge in [0, 0.05) is 11.3 Å². The van der Waals surface area contributed by atoms with Crippen molar-refractivity contribution >= 4 is 5.69 Å². The molecule has 0 saturated heterocycles. The maximum atomic E-state index is 5.85. The van der Waals surface area contributed by atoms with Gasteiger partial charge < -0.3 is 11.1 Å². The number of benzene rings is 1. The van der Waals surface area contributed by atoms with Crippen molar-refractivity contribution in [2.75, 3.05) is 19.3 Å². The lowest BCUT2D eigenvalue weighted by Crippen LogP contribution is -2.04. The third-order valence-electron chi connectivity index (χ3n) is 2.23. The molecule has 2 heteroatoms. The van der Waals surface area contributed by atoms with E-state index >= 15 is 0 Å². The topological polar surface area (TPSA) is 38.0 Å². The van der Waals surface area contributed by atoms with Crippen molar-refractivity contribution in [3.8, 4) is 11.8 Å². The van der Waals surface area contributed by atoms with Crippen molar-refractivity contribution in [1.29, 1.82) is 0 Å². The molecule has 15 heavy (non-hydrogen) atoms. The maximum Gasteiger partial charge on any atom is 0.0577 e. The number of nitrogen functional groups attached to an aromatic ring is 1. The van der Waals surface area contributed by atoms with Gasteiger partial charge in [0.15, 0.2) is 0 Å². The van der Waals surface area contributed by atoms with Crippen LogP contribution in [0.3, 0.4) is 0 Å². The fourth-order valence-corrected chi connectivity index (χ4v) is 1.27. The lowest BCUT2D eigenvalue weighted by molar-refractivity contribution is 0.866. The van der Waals surface area contributed by atoms with Gasteiger partial charge in [0.25, 0.3) is 0 Å². The van der Waals surface area contributed by atoms with Gasteiger partial charge in [0.1, 0.15) is 0 Å². The van der Waals surface area contributed by atoms with E-state index in [0.29, 0.717) is 12.5 Å². The van der Waals surface area contributed by atoms with Crippen molar-refractivity contribution in [3.05, 3.63) is 29.3 Å². The number of anilines is 1. The van der Waals surface area contributed by atoms with Crippen molar-refractivity contribution < 1.29 is 0 Å². The SMILES string of the molecule is CNCC#Cc1cc(C(C)C)ccc1N. The Kier molecular flexibility index (Phi) is 4.20. The molecule has 0 aliphatic heterocycles. The van der Waals surface area contributed by atoms with Crippen molar-refractivity contribution in [2.24, 2.45) is 0 Å². The zero-order valence-corrected chi connectivity index (χ0v) is 9.59. The molecule has 0 unspecified atom stereocenters. The molecule has 2 nitrogen and oxygen atoms in total. The van der Waals surface area contributed by atoms with Gasteiger partial charge in [-0.25, -0.2) is 0 Å². The van der Waals surface area contributed by atoms with Gasteiger partial charge in [-0.1, -0.05) is 31.8 Å². The summed E-state index contributed by atoms with van der Waals surface area (Å²) in [5.41, 5.74) is 8.80. The molecular weight excluding hydrogens is 184 g/mol. The van der Waals surface area contributed by atoms with Gasteiger partial charge in [0.2, 0.25) is 0 Å². The second kappa shape index (κ2) is 5.43. The normalized spacial score (nSPS) is 9.87. The Morgan fingerprint density at radius 3 is 2.73 bits per heavy atom. The molecule has 1 rings (SSSR count). The van der Waals surface area contributed by atoms with Crippen LogP contribution in [0.4, 0.5) is 5.69 Å². The first-order chi connectivity index (χ1) is 7.15. The minimum absolute atomic E-state index is 0.510. The fourth-order valence-electron chi connectivity index (χ4n) is 1.27. The van der Waals surface area contributed by atoms with Gasteiger partial charge in [-0.05, 0) is 30.7 Å².